The highest BCUT2D eigenvalue weighted by Crippen LogP contribution is 2.44. The number of rotatable bonds is 6. The first-order chi connectivity index (χ1) is 13.4. The molecule has 0 aliphatic carbocycles. The summed E-state index contributed by atoms with van der Waals surface area (Å²) in [5.41, 5.74) is 2.99. The van der Waals surface area contributed by atoms with E-state index in [-0.39, 0.29) is 5.92 Å². The highest BCUT2D eigenvalue weighted by atomic mass is 19.1. The average Bonchev–Trinajstić information content (AvgIpc) is 2.62. The third-order valence-electron chi connectivity index (χ3n) is 4.71. The fraction of sp³-hybridized carbons (Fsp3) is 0.375. The van der Waals surface area contributed by atoms with E-state index in [0.717, 1.165) is 17.2 Å². The van der Waals surface area contributed by atoms with Crippen molar-refractivity contribution in [3.05, 3.63) is 59.0 Å². The predicted octanol–water partition coefficient (Wildman–Crippen LogP) is 4.86. The third-order valence-corrected chi connectivity index (χ3v) is 4.71. The SMILES string of the molecule is COc1cc2c(cc1\C(C)=C(F)/C=C/C(C)=C/C(=O)[O-])C(C(C)C)=CC(C)(C)O2. The highest BCUT2D eigenvalue weighted by molar-refractivity contribution is 5.82. The molecule has 0 radical (unpaired) electrons. The van der Waals surface area contributed by atoms with Gasteiger partial charge in [-0.2, -0.15) is 0 Å². The van der Waals surface area contributed by atoms with Crippen LogP contribution in [0.2, 0.25) is 0 Å². The standard InChI is InChI=1S/C24H29FO4/c1-14(2)19-13-24(5,6)29-22-12-21(28-7)17(11-18(19)22)16(4)20(25)9-8-15(3)10-23(26)27/h8-14H,1-7H3,(H,26,27)/p-1/b9-8+,15-10+,20-16+. The molecule has 0 fully saturated rings. The molecular formula is C24H28FO4-. The molecule has 0 atom stereocenters. The Labute approximate surface area is 172 Å². The Morgan fingerprint density at radius 3 is 2.45 bits per heavy atom. The van der Waals surface area contributed by atoms with Gasteiger partial charge < -0.3 is 19.4 Å². The number of fused-ring (bicyclic) bond motifs is 1. The number of hydrogen-bond donors (Lipinski definition) is 0. The number of aliphatic carboxylic acids is 1. The molecule has 29 heavy (non-hydrogen) atoms. The molecule has 156 valence electrons. The normalized spacial score (nSPS) is 16.9. The second-order valence-electron chi connectivity index (χ2n) is 8.02. The fourth-order valence-corrected chi connectivity index (χ4v) is 3.27. The second kappa shape index (κ2) is 8.68. The molecule has 4 nitrogen and oxygen atoms in total. The minimum absolute atomic E-state index is 0.268. The van der Waals surface area contributed by atoms with E-state index >= 15 is 0 Å². The summed E-state index contributed by atoms with van der Waals surface area (Å²) in [7, 11) is 1.53. The predicted molar refractivity (Wildman–Crippen MR) is 112 cm³/mol. The monoisotopic (exact) mass is 399 g/mol. The Bertz CT molecular complexity index is 930. The van der Waals surface area contributed by atoms with E-state index in [2.05, 4.69) is 19.9 Å². The molecule has 0 unspecified atom stereocenters. The maximum Gasteiger partial charge on any atom is 0.131 e. The molecule has 0 saturated heterocycles. The molecule has 0 bridgehead atoms. The summed E-state index contributed by atoms with van der Waals surface area (Å²) in [4.78, 5) is 10.6. The number of benzene rings is 1. The summed E-state index contributed by atoms with van der Waals surface area (Å²) in [6.45, 7) is 11.4. The van der Waals surface area contributed by atoms with Crippen molar-refractivity contribution in [2.75, 3.05) is 7.11 Å². The molecule has 0 N–H and O–H groups in total. The van der Waals surface area contributed by atoms with Gasteiger partial charge in [0, 0.05) is 17.2 Å². The summed E-state index contributed by atoms with van der Waals surface area (Å²) in [5, 5.41) is 10.6. The van der Waals surface area contributed by atoms with Gasteiger partial charge in [-0.05, 0) is 74.6 Å². The van der Waals surface area contributed by atoms with Gasteiger partial charge in [-0.25, -0.2) is 4.39 Å². The van der Waals surface area contributed by atoms with Crippen LogP contribution in [0.4, 0.5) is 4.39 Å². The number of hydrogen-bond acceptors (Lipinski definition) is 4. The lowest BCUT2D eigenvalue weighted by atomic mass is 9.86. The van der Waals surface area contributed by atoms with Gasteiger partial charge in [0.2, 0.25) is 0 Å². The van der Waals surface area contributed by atoms with E-state index in [1.54, 1.807) is 19.9 Å². The summed E-state index contributed by atoms with van der Waals surface area (Å²) >= 11 is 0. The molecule has 1 heterocycles. The van der Waals surface area contributed by atoms with Crippen molar-refractivity contribution in [1.82, 2.24) is 0 Å². The van der Waals surface area contributed by atoms with Crippen LogP contribution in [0.5, 0.6) is 11.5 Å². The lowest BCUT2D eigenvalue weighted by Gasteiger charge is -2.33. The number of carbonyl (C=O) groups excluding carboxylic acids is 1. The van der Waals surface area contributed by atoms with Crippen molar-refractivity contribution < 1.29 is 23.8 Å². The number of methoxy groups -OCH3 is 1. The van der Waals surface area contributed by atoms with Crippen LogP contribution >= 0.6 is 0 Å². The van der Waals surface area contributed by atoms with E-state index in [1.165, 1.54) is 19.3 Å². The average molecular weight is 399 g/mol. The Hall–Kier alpha value is -2.82. The second-order valence-corrected chi connectivity index (χ2v) is 8.02. The van der Waals surface area contributed by atoms with Crippen LogP contribution in [0.1, 0.15) is 52.7 Å². The Kier molecular flexibility index (Phi) is 6.73. The molecule has 0 amide bonds. The number of carboxylic acid groups (broad SMARTS) is 1. The van der Waals surface area contributed by atoms with E-state index < -0.39 is 17.4 Å². The molecule has 1 aromatic carbocycles. The lowest BCUT2D eigenvalue weighted by molar-refractivity contribution is -0.297. The van der Waals surface area contributed by atoms with Crippen LogP contribution in [0.3, 0.4) is 0 Å². The smallest absolute Gasteiger partial charge is 0.131 e. The topological polar surface area (TPSA) is 58.6 Å². The van der Waals surface area contributed by atoms with Crippen LogP contribution < -0.4 is 14.6 Å². The van der Waals surface area contributed by atoms with Gasteiger partial charge >= 0.3 is 0 Å². The zero-order valence-electron chi connectivity index (χ0n) is 18.1. The zero-order chi connectivity index (χ0) is 21.9. The van der Waals surface area contributed by atoms with Crippen molar-refractivity contribution in [2.24, 2.45) is 5.92 Å². The van der Waals surface area contributed by atoms with Crippen molar-refractivity contribution >= 4 is 17.1 Å². The van der Waals surface area contributed by atoms with Gasteiger partial charge in [-0.15, -0.1) is 0 Å². The number of carbonyl (C=O) groups is 1. The minimum Gasteiger partial charge on any atom is -0.545 e. The van der Waals surface area contributed by atoms with Crippen LogP contribution in [-0.4, -0.2) is 18.7 Å². The molecule has 1 aliphatic rings. The number of halogens is 1. The van der Waals surface area contributed by atoms with Crippen LogP contribution in [0.25, 0.3) is 11.1 Å². The number of allylic oxidation sites excluding steroid dienone is 6. The highest BCUT2D eigenvalue weighted by Gasteiger charge is 2.29. The third kappa shape index (κ3) is 5.37. The zero-order valence-corrected chi connectivity index (χ0v) is 18.1. The molecule has 1 aliphatic heterocycles. The van der Waals surface area contributed by atoms with Crippen LogP contribution in [-0.2, 0) is 4.79 Å². The van der Waals surface area contributed by atoms with Crippen molar-refractivity contribution in [1.29, 1.82) is 0 Å². The van der Waals surface area contributed by atoms with Crippen molar-refractivity contribution in [3.8, 4) is 11.5 Å². The van der Waals surface area contributed by atoms with E-state index in [9.17, 15) is 14.3 Å². The van der Waals surface area contributed by atoms with Crippen molar-refractivity contribution in [2.45, 2.75) is 47.1 Å². The fourth-order valence-electron chi connectivity index (χ4n) is 3.27. The first-order valence-corrected chi connectivity index (χ1v) is 9.53. The largest absolute Gasteiger partial charge is 0.545 e. The van der Waals surface area contributed by atoms with Crippen LogP contribution in [0.15, 0.2) is 47.8 Å². The summed E-state index contributed by atoms with van der Waals surface area (Å²) in [5.74, 6) is -0.322. The number of carboxylic acids is 1. The Balaban J connectivity index is 2.58. The molecule has 0 spiro atoms. The molecular weight excluding hydrogens is 371 g/mol. The van der Waals surface area contributed by atoms with E-state index in [4.69, 9.17) is 9.47 Å². The maximum absolute atomic E-state index is 14.8. The molecule has 0 aromatic heterocycles. The molecule has 5 heteroatoms. The van der Waals surface area contributed by atoms with Crippen LogP contribution in [0, 0.1) is 5.92 Å². The van der Waals surface area contributed by atoms with Crippen molar-refractivity contribution in [3.63, 3.8) is 0 Å². The summed E-state index contributed by atoms with van der Waals surface area (Å²) in [6.07, 6.45) is 5.64. The van der Waals surface area contributed by atoms with Gasteiger partial charge in [0.05, 0.1) is 13.1 Å². The number of ether oxygens (including phenoxy) is 2. The van der Waals surface area contributed by atoms with Gasteiger partial charge in [0.25, 0.3) is 0 Å². The Morgan fingerprint density at radius 1 is 1.24 bits per heavy atom. The molecule has 2 rings (SSSR count). The molecule has 0 saturated carbocycles. The van der Waals surface area contributed by atoms with Gasteiger partial charge in [0.1, 0.15) is 22.9 Å². The van der Waals surface area contributed by atoms with E-state index in [0.29, 0.717) is 28.2 Å². The summed E-state index contributed by atoms with van der Waals surface area (Å²) < 4.78 is 26.4. The maximum atomic E-state index is 14.8. The quantitative estimate of drug-likeness (QED) is 0.506. The first-order valence-electron chi connectivity index (χ1n) is 9.53. The minimum atomic E-state index is -1.32. The Morgan fingerprint density at radius 2 is 1.90 bits per heavy atom. The molecule has 1 aromatic rings. The first kappa shape index (κ1) is 22.5. The van der Waals surface area contributed by atoms with Gasteiger partial charge in [0.15, 0.2) is 0 Å². The van der Waals surface area contributed by atoms with Gasteiger partial charge in [-0.1, -0.05) is 19.9 Å². The summed E-state index contributed by atoms with van der Waals surface area (Å²) in [6, 6.07) is 3.69. The van der Waals surface area contributed by atoms with Gasteiger partial charge in [-0.3, -0.25) is 0 Å². The lowest BCUT2D eigenvalue weighted by Crippen LogP contribution is -2.29. The van der Waals surface area contributed by atoms with E-state index in [1.807, 2.05) is 19.9 Å².